The number of halogens is 5. The van der Waals surface area contributed by atoms with Gasteiger partial charge in [-0.15, -0.1) is 0 Å². The molecule has 3 nitrogen and oxygen atoms in total. The maximum absolute atomic E-state index is 14.2. The molecule has 3 rings (SSSR count). The van der Waals surface area contributed by atoms with Crippen LogP contribution in [-0.4, -0.2) is 36.3 Å². The Morgan fingerprint density at radius 2 is 1.88 bits per heavy atom. The van der Waals surface area contributed by atoms with Crippen molar-refractivity contribution in [3.63, 3.8) is 0 Å². The van der Waals surface area contributed by atoms with E-state index < -0.39 is 24.8 Å². The van der Waals surface area contributed by atoms with Gasteiger partial charge in [0.2, 0.25) is 0 Å². The molecule has 0 fully saturated rings. The predicted molar refractivity (Wildman–Crippen MR) is 87.8 cm³/mol. The number of nitrogens with zero attached hydrogens (tertiary/aromatic N) is 2. The number of alkyl halides is 3. The van der Waals surface area contributed by atoms with Crippen molar-refractivity contribution < 1.29 is 22.7 Å². The monoisotopic (exact) mass is 372 g/mol. The van der Waals surface area contributed by atoms with Crippen LogP contribution in [0.25, 0.3) is 0 Å². The number of aliphatic imine (C=N–C) groups is 1. The van der Waals surface area contributed by atoms with E-state index in [-0.39, 0.29) is 34.1 Å². The Kier molecular flexibility index (Phi) is 4.71. The molecule has 0 amide bonds. The molecule has 0 aromatic heterocycles. The number of benzene rings is 2. The SMILES string of the molecule is OC1CN=C(c2ccccc2F)c2cc(Cl)ccc2N1CC(F)(F)F. The lowest BCUT2D eigenvalue weighted by atomic mass is 9.99. The van der Waals surface area contributed by atoms with Crippen LogP contribution in [0.2, 0.25) is 5.02 Å². The van der Waals surface area contributed by atoms with Gasteiger partial charge in [0.05, 0.1) is 12.3 Å². The van der Waals surface area contributed by atoms with E-state index in [0.29, 0.717) is 0 Å². The summed E-state index contributed by atoms with van der Waals surface area (Å²) in [7, 11) is 0. The number of aliphatic hydroxyl groups excluding tert-OH is 1. The summed E-state index contributed by atoms with van der Waals surface area (Å²) in [4.78, 5) is 4.95. The standard InChI is InChI=1S/C17H13ClF4N2O/c18-10-5-6-14-12(7-10)16(11-3-1-2-4-13(11)19)23-8-15(25)24(14)9-17(20,21)22/h1-7,15,25H,8-9H2. The van der Waals surface area contributed by atoms with E-state index in [9.17, 15) is 22.7 Å². The van der Waals surface area contributed by atoms with Crippen molar-refractivity contribution in [2.75, 3.05) is 18.0 Å². The largest absolute Gasteiger partial charge is 0.406 e. The van der Waals surface area contributed by atoms with Gasteiger partial charge in [0, 0.05) is 21.8 Å². The maximum Gasteiger partial charge on any atom is 0.406 e. The van der Waals surface area contributed by atoms with Crippen LogP contribution in [0.15, 0.2) is 47.5 Å². The molecular weight excluding hydrogens is 360 g/mol. The van der Waals surface area contributed by atoms with Gasteiger partial charge in [0.15, 0.2) is 0 Å². The minimum absolute atomic E-state index is 0.0914. The third-order valence-electron chi connectivity index (χ3n) is 3.77. The number of benzodiazepines with no additional fused rings is 1. The first-order valence-electron chi connectivity index (χ1n) is 7.37. The molecule has 1 unspecified atom stereocenters. The number of fused-ring (bicyclic) bond motifs is 1. The van der Waals surface area contributed by atoms with E-state index in [0.717, 1.165) is 4.90 Å². The zero-order chi connectivity index (χ0) is 18.2. The normalized spacial score (nSPS) is 17.8. The highest BCUT2D eigenvalue weighted by Crippen LogP contribution is 2.33. The Balaban J connectivity index is 2.17. The summed E-state index contributed by atoms with van der Waals surface area (Å²) in [5.74, 6) is -0.564. The van der Waals surface area contributed by atoms with Gasteiger partial charge in [-0.1, -0.05) is 23.7 Å². The molecule has 0 saturated carbocycles. The van der Waals surface area contributed by atoms with E-state index in [4.69, 9.17) is 11.6 Å². The van der Waals surface area contributed by atoms with E-state index in [2.05, 4.69) is 4.99 Å². The lowest BCUT2D eigenvalue weighted by molar-refractivity contribution is -0.123. The maximum atomic E-state index is 14.2. The van der Waals surface area contributed by atoms with Crippen LogP contribution in [0, 0.1) is 5.82 Å². The smallest absolute Gasteiger partial charge is 0.372 e. The van der Waals surface area contributed by atoms with E-state index in [1.807, 2.05) is 0 Å². The molecule has 8 heteroatoms. The van der Waals surface area contributed by atoms with Gasteiger partial charge in [-0.25, -0.2) is 4.39 Å². The van der Waals surface area contributed by atoms with Gasteiger partial charge in [-0.3, -0.25) is 4.99 Å². The Morgan fingerprint density at radius 3 is 2.56 bits per heavy atom. The van der Waals surface area contributed by atoms with Crippen molar-refractivity contribution in [2.24, 2.45) is 4.99 Å². The highest BCUT2D eigenvalue weighted by molar-refractivity contribution is 6.31. The quantitative estimate of drug-likeness (QED) is 0.808. The van der Waals surface area contributed by atoms with Crippen LogP contribution >= 0.6 is 11.6 Å². The van der Waals surface area contributed by atoms with Crippen molar-refractivity contribution in [1.29, 1.82) is 0 Å². The van der Waals surface area contributed by atoms with E-state index in [1.165, 1.54) is 36.4 Å². The van der Waals surface area contributed by atoms with Crippen molar-refractivity contribution >= 4 is 23.0 Å². The summed E-state index contributed by atoms with van der Waals surface area (Å²) >= 11 is 5.99. The zero-order valence-corrected chi connectivity index (χ0v) is 13.5. The second-order valence-electron chi connectivity index (χ2n) is 5.55. The molecule has 0 spiro atoms. The van der Waals surface area contributed by atoms with E-state index >= 15 is 0 Å². The minimum Gasteiger partial charge on any atom is -0.372 e. The summed E-state index contributed by atoms with van der Waals surface area (Å²) in [5, 5.41) is 10.4. The second kappa shape index (κ2) is 6.65. The molecule has 132 valence electrons. The number of anilines is 1. The summed E-state index contributed by atoms with van der Waals surface area (Å²) in [6.07, 6.45) is -6.02. The molecule has 2 aromatic carbocycles. The third-order valence-corrected chi connectivity index (χ3v) is 4.01. The Bertz CT molecular complexity index is 823. The van der Waals surface area contributed by atoms with Crippen molar-refractivity contribution in [1.82, 2.24) is 0 Å². The Morgan fingerprint density at radius 1 is 1.16 bits per heavy atom. The van der Waals surface area contributed by atoms with Gasteiger partial charge in [-0.05, 0) is 30.3 Å². The van der Waals surface area contributed by atoms with Crippen LogP contribution in [0.3, 0.4) is 0 Å². The Hall–Kier alpha value is -2.12. The first kappa shape index (κ1) is 17.7. The van der Waals surface area contributed by atoms with Crippen LogP contribution < -0.4 is 4.90 Å². The van der Waals surface area contributed by atoms with Crippen molar-refractivity contribution in [2.45, 2.75) is 12.4 Å². The highest BCUT2D eigenvalue weighted by Gasteiger charge is 2.36. The molecule has 0 radical (unpaired) electrons. The van der Waals surface area contributed by atoms with Crippen LogP contribution in [0.5, 0.6) is 0 Å². The number of rotatable bonds is 2. The fourth-order valence-corrected chi connectivity index (χ4v) is 2.90. The summed E-state index contributed by atoms with van der Waals surface area (Å²) in [5.41, 5.74) is 0.610. The lowest BCUT2D eigenvalue weighted by Crippen LogP contribution is -2.43. The van der Waals surface area contributed by atoms with Crippen LogP contribution in [0.4, 0.5) is 23.2 Å². The van der Waals surface area contributed by atoms with Gasteiger partial charge >= 0.3 is 6.18 Å². The molecule has 25 heavy (non-hydrogen) atoms. The Labute approximate surface area is 146 Å². The molecule has 1 aliphatic heterocycles. The first-order valence-corrected chi connectivity index (χ1v) is 7.75. The van der Waals surface area contributed by atoms with Crippen LogP contribution in [0.1, 0.15) is 11.1 Å². The third kappa shape index (κ3) is 3.77. The van der Waals surface area contributed by atoms with Crippen molar-refractivity contribution in [3.05, 3.63) is 64.4 Å². The number of hydrogen-bond donors (Lipinski definition) is 1. The molecular formula is C17H13ClF4N2O. The molecule has 2 aromatic rings. The average Bonchev–Trinajstić information content (AvgIpc) is 2.65. The summed E-state index contributed by atoms with van der Waals surface area (Å²) < 4.78 is 53.0. The molecule has 1 N–H and O–H groups in total. The summed E-state index contributed by atoms with van der Waals surface area (Å²) in [6.45, 7) is -1.69. The van der Waals surface area contributed by atoms with Gasteiger partial charge in [0.25, 0.3) is 0 Å². The molecule has 1 atom stereocenters. The second-order valence-corrected chi connectivity index (χ2v) is 5.99. The number of hydrogen-bond acceptors (Lipinski definition) is 3. The number of aliphatic hydroxyl groups is 1. The highest BCUT2D eigenvalue weighted by atomic mass is 35.5. The average molecular weight is 373 g/mol. The van der Waals surface area contributed by atoms with Gasteiger partial charge in [0.1, 0.15) is 18.6 Å². The first-order chi connectivity index (χ1) is 11.8. The molecule has 1 heterocycles. The lowest BCUT2D eigenvalue weighted by Gasteiger charge is -2.30. The summed E-state index contributed by atoms with van der Waals surface area (Å²) in [6, 6.07) is 10.0. The molecule has 0 aliphatic carbocycles. The van der Waals surface area contributed by atoms with Crippen LogP contribution in [-0.2, 0) is 0 Å². The molecule has 1 aliphatic rings. The van der Waals surface area contributed by atoms with E-state index in [1.54, 1.807) is 6.07 Å². The van der Waals surface area contributed by atoms with Gasteiger partial charge in [-0.2, -0.15) is 13.2 Å². The predicted octanol–water partition coefficient (Wildman–Crippen LogP) is 4.02. The fourth-order valence-electron chi connectivity index (χ4n) is 2.73. The molecule has 0 saturated heterocycles. The topological polar surface area (TPSA) is 35.8 Å². The zero-order valence-electron chi connectivity index (χ0n) is 12.8. The minimum atomic E-state index is -4.53. The molecule has 0 bridgehead atoms. The van der Waals surface area contributed by atoms with Gasteiger partial charge < -0.3 is 10.0 Å². The van der Waals surface area contributed by atoms with Crippen molar-refractivity contribution in [3.8, 4) is 0 Å². The fraction of sp³-hybridized carbons (Fsp3) is 0.235.